The average Bonchev–Trinajstić information content (AvgIpc) is 2.53. The summed E-state index contributed by atoms with van der Waals surface area (Å²) in [5.74, 6) is 1.32. The molecule has 2 atom stereocenters. The van der Waals surface area contributed by atoms with Crippen molar-refractivity contribution in [1.82, 2.24) is 0 Å². The third-order valence-corrected chi connectivity index (χ3v) is 5.37. The molecule has 2 unspecified atom stereocenters. The van der Waals surface area contributed by atoms with Crippen LogP contribution in [0.25, 0.3) is 0 Å². The van der Waals surface area contributed by atoms with Gasteiger partial charge in [-0.25, -0.2) is 0 Å². The van der Waals surface area contributed by atoms with Crippen LogP contribution in [-0.2, 0) is 12.8 Å². The predicted octanol–water partition coefficient (Wildman–Crippen LogP) is 5.54. The van der Waals surface area contributed by atoms with Gasteiger partial charge in [0.25, 0.3) is 0 Å². The largest absolute Gasteiger partial charge is 0.496 e. The first-order valence-electron chi connectivity index (χ1n) is 7.23. The van der Waals surface area contributed by atoms with Gasteiger partial charge in [0.2, 0.25) is 0 Å². The van der Waals surface area contributed by atoms with Gasteiger partial charge in [0.1, 0.15) is 5.75 Å². The molecular weight excluding hydrogens is 348 g/mol. The zero-order valence-corrected chi connectivity index (χ0v) is 14.3. The highest BCUT2D eigenvalue weighted by molar-refractivity contribution is 9.10. The molecule has 2 aromatic rings. The van der Waals surface area contributed by atoms with Gasteiger partial charge >= 0.3 is 0 Å². The summed E-state index contributed by atoms with van der Waals surface area (Å²) in [7, 11) is 1.70. The van der Waals surface area contributed by atoms with Gasteiger partial charge in [-0.3, -0.25) is 0 Å². The second-order valence-corrected chi connectivity index (χ2v) is 6.95. The number of hydrogen-bond donors (Lipinski definition) is 0. The molecule has 110 valence electrons. The smallest absolute Gasteiger partial charge is 0.123 e. The van der Waals surface area contributed by atoms with Gasteiger partial charge in [0.05, 0.1) is 12.5 Å². The van der Waals surface area contributed by atoms with Crippen molar-refractivity contribution in [2.24, 2.45) is 5.92 Å². The number of rotatable bonds is 3. The molecule has 3 rings (SSSR count). The maximum atomic E-state index is 6.81. The lowest BCUT2D eigenvalue weighted by Gasteiger charge is -2.29. The number of halogens is 2. The third kappa shape index (κ3) is 3.12. The van der Waals surface area contributed by atoms with E-state index in [-0.39, 0.29) is 5.38 Å². The Morgan fingerprint density at radius 1 is 1.19 bits per heavy atom. The van der Waals surface area contributed by atoms with Crippen molar-refractivity contribution in [3.63, 3.8) is 0 Å². The van der Waals surface area contributed by atoms with E-state index in [1.807, 2.05) is 12.1 Å². The van der Waals surface area contributed by atoms with E-state index in [9.17, 15) is 0 Å². The van der Waals surface area contributed by atoms with Crippen LogP contribution in [0.4, 0.5) is 0 Å². The molecule has 2 aromatic carbocycles. The minimum Gasteiger partial charge on any atom is -0.496 e. The average molecular weight is 366 g/mol. The molecule has 0 aromatic heterocycles. The van der Waals surface area contributed by atoms with E-state index in [1.165, 1.54) is 11.1 Å². The second-order valence-electron chi connectivity index (χ2n) is 5.56. The molecular formula is C18H18BrClO. The van der Waals surface area contributed by atoms with Crippen LogP contribution < -0.4 is 4.74 Å². The van der Waals surface area contributed by atoms with Gasteiger partial charge in [-0.15, -0.1) is 11.6 Å². The number of alkyl halides is 1. The number of fused-ring (bicyclic) bond motifs is 1. The molecule has 0 saturated heterocycles. The number of benzene rings is 2. The molecule has 0 spiro atoms. The van der Waals surface area contributed by atoms with Crippen LogP contribution in [0.15, 0.2) is 46.9 Å². The fraction of sp³-hybridized carbons (Fsp3) is 0.333. The summed E-state index contributed by atoms with van der Waals surface area (Å²) in [4.78, 5) is 0. The molecule has 0 aliphatic heterocycles. The van der Waals surface area contributed by atoms with Gasteiger partial charge < -0.3 is 4.74 Å². The predicted molar refractivity (Wildman–Crippen MR) is 91.2 cm³/mol. The maximum absolute atomic E-state index is 6.81. The van der Waals surface area contributed by atoms with Gasteiger partial charge in [-0.05, 0) is 54.5 Å². The van der Waals surface area contributed by atoms with Gasteiger partial charge in [0.15, 0.2) is 0 Å². The van der Waals surface area contributed by atoms with E-state index < -0.39 is 0 Å². The lowest BCUT2D eigenvalue weighted by Crippen LogP contribution is -2.18. The van der Waals surface area contributed by atoms with Gasteiger partial charge in [0, 0.05) is 10.0 Å². The van der Waals surface area contributed by atoms with Crippen molar-refractivity contribution < 1.29 is 4.74 Å². The van der Waals surface area contributed by atoms with E-state index in [2.05, 4.69) is 46.3 Å². The molecule has 1 nitrogen and oxygen atoms in total. The molecule has 1 aliphatic carbocycles. The Morgan fingerprint density at radius 3 is 2.71 bits per heavy atom. The Morgan fingerprint density at radius 2 is 1.95 bits per heavy atom. The Bertz CT molecular complexity index is 641. The molecule has 0 fully saturated rings. The summed E-state index contributed by atoms with van der Waals surface area (Å²) in [5.41, 5.74) is 3.99. The fourth-order valence-corrected chi connectivity index (χ4v) is 3.91. The van der Waals surface area contributed by atoms with E-state index in [0.717, 1.165) is 35.0 Å². The highest BCUT2D eigenvalue weighted by atomic mass is 79.9. The molecule has 0 amide bonds. The van der Waals surface area contributed by atoms with Crippen LogP contribution >= 0.6 is 27.5 Å². The molecule has 0 radical (unpaired) electrons. The number of methoxy groups -OCH3 is 1. The van der Waals surface area contributed by atoms with Crippen molar-refractivity contribution in [3.8, 4) is 5.75 Å². The van der Waals surface area contributed by atoms with E-state index in [4.69, 9.17) is 16.3 Å². The lowest BCUT2D eigenvalue weighted by atomic mass is 9.80. The Balaban J connectivity index is 1.87. The van der Waals surface area contributed by atoms with Gasteiger partial charge in [-0.1, -0.05) is 40.2 Å². The second kappa shape index (κ2) is 6.41. The first-order valence-corrected chi connectivity index (χ1v) is 8.46. The summed E-state index contributed by atoms with van der Waals surface area (Å²) in [6.45, 7) is 0. The summed E-state index contributed by atoms with van der Waals surface area (Å²) >= 11 is 10.3. The minimum atomic E-state index is -0.0224. The molecule has 0 saturated carbocycles. The third-order valence-electron chi connectivity index (χ3n) is 4.29. The zero-order chi connectivity index (χ0) is 14.8. The number of hydrogen-bond acceptors (Lipinski definition) is 1. The normalized spacial score (nSPS) is 18.9. The Kier molecular flexibility index (Phi) is 4.56. The molecule has 1 aliphatic rings. The number of ether oxygens (including phenoxy) is 1. The molecule has 3 heteroatoms. The monoisotopic (exact) mass is 364 g/mol. The summed E-state index contributed by atoms with van der Waals surface area (Å²) < 4.78 is 6.52. The van der Waals surface area contributed by atoms with Crippen LogP contribution in [0.5, 0.6) is 5.75 Å². The van der Waals surface area contributed by atoms with Crippen LogP contribution in [0.2, 0.25) is 0 Å². The maximum Gasteiger partial charge on any atom is 0.123 e. The van der Waals surface area contributed by atoms with Crippen molar-refractivity contribution in [2.45, 2.75) is 24.6 Å². The highest BCUT2D eigenvalue weighted by Crippen LogP contribution is 2.42. The summed E-state index contributed by atoms with van der Waals surface area (Å²) in [6.07, 6.45) is 3.28. The Hall–Kier alpha value is -0.990. The molecule has 21 heavy (non-hydrogen) atoms. The first kappa shape index (κ1) is 14.9. The van der Waals surface area contributed by atoms with E-state index >= 15 is 0 Å². The first-order chi connectivity index (χ1) is 10.2. The number of aryl methyl sites for hydroxylation is 1. The van der Waals surface area contributed by atoms with Crippen LogP contribution in [-0.4, -0.2) is 7.11 Å². The van der Waals surface area contributed by atoms with Crippen molar-refractivity contribution in [2.75, 3.05) is 7.11 Å². The Labute approximate surface area is 139 Å². The summed E-state index contributed by atoms with van der Waals surface area (Å²) in [6, 6.07) is 14.7. The highest BCUT2D eigenvalue weighted by Gasteiger charge is 2.27. The standard InChI is InChI=1S/C18H18BrClO/c1-21-17-9-8-15(19)11-16(17)18(20)14-7-6-12-4-2-3-5-13(12)10-14/h2-5,8-9,11,14,18H,6-7,10H2,1H3. The molecule has 0 bridgehead atoms. The topological polar surface area (TPSA) is 9.23 Å². The zero-order valence-electron chi connectivity index (χ0n) is 12.0. The quantitative estimate of drug-likeness (QED) is 0.649. The minimum absolute atomic E-state index is 0.0224. The van der Waals surface area contributed by atoms with Crippen molar-refractivity contribution in [3.05, 3.63) is 63.6 Å². The van der Waals surface area contributed by atoms with Crippen molar-refractivity contribution in [1.29, 1.82) is 0 Å². The van der Waals surface area contributed by atoms with E-state index in [1.54, 1.807) is 7.11 Å². The van der Waals surface area contributed by atoms with E-state index in [0.29, 0.717) is 5.92 Å². The SMILES string of the molecule is COc1ccc(Br)cc1C(Cl)C1CCc2ccccc2C1. The van der Waals surface area contributed by atoms with Gasteiger partial charge in [-0.2, -0.15) is 0 Å². The van der Waals surface area contributed by atoms with Crippen molar-refractivity contribution >= 4 is 27.5 Å². The lowest BCUT2D eigenvalue weighted by molar-refractivity contribution is 0.393. The molecule has 0 heterocycles. The van der Waals surface area contributed by atoms with Crippen LogP contribution in [0.3, 0.4) is 0 Å². The van der Waals surface area contributed by atoms with Crippen LogP contribution in [0.1, 0.15) is 28.5 Å². The molecule has 0 N–H and O–H groups in total. The fourth-order valence-electron chi connectivity index (χ4n) is 3.15. The van der Waals surface area contributed by atoms with Crippen LogP contribution in [0, 0.1) is 5.92 Å². The summed E-state index contributed by atoms with van der Waals surface area (Å²) in [5, 5.41) is -0.0224.